The van der Waals surface area contributed by atoms with E-state index in [4.69, 9.17) is 4.74 Å². The van der Waals surface area contributed by atoms with Gasteiger partial charge >= 0.3 is 0 Å². The number of nitrogens with one attached hydrogen (secondary N) is 1. The summed E-state index contributed by atoms with van der Waals surface area (Å²) in [4.78, 5) is 0. The minimum absolute atomic E-state index is 0.213. The van der Waals surface area contributed by atoms with E-state index in [0.717, 1.165) is 43.0 Å². The summed E-state index contributed by atoms with van der Waals surface area (Å²) in [7, 11) is 0. The second-order valence-electron chi connectivity index (χ2n) is 5.85. The number of benzene rings is 1. The highest BCUT2D eigenvalue weighted by atomic mass is 19.1. The van der Waals surface area contributed by atoms with E-state index in [1.54, 1.807) is 10.7 Å². The first-order valence-electron chi connectivity index (χ1n) is 7.79. The molecular formula is C17H22FN3O. The Balaban J connectivity index is 1.77. The normalized spacial score (nSPS) is 17.6. The first kappa shape index (κ1) is 15.2. The van der Waals surface area contributed by atoms with Gasteiger partial charge in [0.15, 0.2) is 0 Å². The van der Waals surface area contributed by atoms with Crippen LogP contribution in [0.15, 0.2) is 30.5 Å². The highest BCUT2D eigenvalue weighted by molar-refractivity contribution is 5.35. The fraction of sp³-hybridized carbons (Fsp3) is 0.471. The first-order chi connectivity index (χ1) is 10.6. The van der Waals surface area contributed by atoms with Gasteiger partial charge in [-0.1, -0.05) is 6.07 Å². The molecule has 1 aromatic carbocycles. The van der Waals surface area contributed by atoms with Crippen molar-refractivity contribution in [3.63, 3.8) is 0 Å². The zero-order chi connectivity index (χ0) is 15.5. The van der Waals surface area contributed by atoms with Gasteiger partial charge in [0.25, 0.3) is 0 Å². The van der Waals surface area contributed by atoms with E-state index < -0.39 is 0 Å². The molecule has 0 saturated carbocycles. The average molecular weight is 303 g/mol. The van der Waals surface area contributed by atoms with Gasteiger partial charge in [0.2, 0.25) is 0 Å². The van der Waals surface area contributed by atoms with Crippen LogP contribution in [0, 0.1) is 12.7 Å². The number of hydrogen-bond acceptors (Lipinski definition) is 3. The summed E-state index contributed by atoms with van der Waals surface area (Å²) in [6.45, 7) is 5.82. The van der Waals surface area contributed by atoms with Gasteiger partial charge in [0.05, 0.1) is 11.9 Å². The summed E-state index contributed by atoms with van der Waals surface area (Å²) in [6, 6.07) is 7.21. The van der Waals surface area contributed by atoms with Crippen molar-refractivity contribution >= 4 is 0 Å². The minimum atomic E-state index is -0.248. The van der Waals surface area contributed by atoms with Crippen molar-refractivity contribution in [2.75, 3.05) is 13.2 Å². The van der Waals surface area contributed by atoms with Crippen molar-refractivity contribution in [2.24, 2.45) is 0 Å². The summed E-state index contributed by atoms with van der Waals surface area (Å²) >= 11 is 0. The molecule has 3 rings (SSSR count). The molecule has 1 aromatic heterocycles. The van der Waals surface area contributed by atoms with E-state index in [1.165, 1.54) is 12.1 Å². The maximum absolute atomic E-state index is 13.4. The molecule has 2 aromatic rings. The standard InChI is InChI=1S/C17H22FN3O/c1-12(20-15-6-8-22-9-7-15)17-11-19-21(13(17)2)16-5-3-4-14(18)10-16/h3-5,10-12,15,20H,6-9H2,1-2H3. The Labute approximate surface area is 130 Å². The Hall–Kier alpha value is -1.72. The second kappa shape index (κ2) is 6.58. The summed E-state index contributed by atoms with van der Waals surface area (Å²) < 4.78 is 20.6. The molecule has 5 heteroatoms. The molecule has 0 aliphatic carbocycles. The van der Waals surface area contributed by atoms with E-state index in [9.17, 15) is 4.39 Å². The van der Waals surface area contributed by atoms with Gasteiger partial charge in [-0.3, -0.25) is 0 Å². The van der Waals surface area contributed by atoms with E-state index in [1.807, 2.05) is 19.2 Å². The lowest BCUT2D eigenvalue weighted by Crippen LogP contribution is -2.36. The maximum Gasteiger partial charge on any atom is 0.125 e. The molecule has 0 amide bonds. The summed E-state index contributed by atoms with van der Waals surface area (Å²) in [5.74, 6) is -0.248. The molecule has 0 radical (unpaired) electrons. The largest absolute Gasteiger partial charge is 0.381 e. The van der Waals surface area contributed by atoms with E-state index >= 15 is 0 Å². The van der Waals surface area contributed by atoms with Crippen LogP contribution in [0.3, 0.4) is 0 Å². The van der Waals surface area contributed by atoms with Crippen molar-refractivity contribution in [3.05, 3.63) is 47.5 Å². The number of hydrogen-bond donors (Lipinski definition) is 1. The van der Waals surface area contributed by atoms with Crippen molar-refractivity contribution in [3.8, 4) is 5.69 Å². The number of ether oxygens (including phenoxy) is 1. The van der Waals surface area contributed by atoms with Crippen LogP contribution in [0.5, 0.6) is 0 Å². The molecular weight excluding hydrogens is 281 g/mol. The van der Waals surface area contributed by atoms with Crippen molar-refractivity contribution in [2.45, 2.75) is 38.8 Å². The van der Waals surface area contributed by atoms with E-state index in [0.29, 0.717) is 6.04 Å². The monoisotopic (exact) mass is 303 g/mol. The predicted molar refractivity (Wildman–Crippen MR) is 83.7 cm³/mol. The highest BCUT2D eigenvalue weighted by Gasteiger charge is 2.19. The molecule has 1 aliphatic rings. The van der Waals surface area contributed by atoms with E-state index in [-0.39, 0.29) is 11.9 Å². The Morgan fingerprint density at radius 1 is 1.36 bits per heavy atom. The van der Waals surface area contributed by atoms with Gasteiger partial charge in [-0.15, -0.1) is 0 Å². The summed E-state index contributed by atoms with van der Waals surface area (Å²) in [5.41, 5.74) is 2.94. The van der Waals surface area contributed by atoms with Crippen molar-refractivity contribution in [1.82, 2.24) is 15.1 Å². The maximum atomic E-state index is 13.4. The van der Waals surface area contributed by atoms with Gasteiger partial charge < -0.3 is 10.1 Å². The molecule has 2 heterocycles. The Kier molecular flexibility index (Phi) is 4.55. The van der Waals surface area contributed by atoms with Crippen LogP contribution in [0.25, 0.3) is 5.69 Å². The third kappa shape index (κ3) is 3.20. The van der Waals surface area contributed by atoms with Gasteiger partial charge in [-0.2, -0.15) is 5.10 Å². The highest BCUT2D eigenvalue weighted by Crippen LogP contribution is 2.22. The van der Waals surface area contributed by atoms with Crippen LogP contribution in [-0.2, 0) is 4.74 Å². The zero-order valence-electron chi connectivity index (χ0n) is 13.1. The lowest BCUT2D eigenvalue weighted by Gasteiger charge is -2.26. The van der Waals surface area contributed by atoms with Crippen LogP contribution < -0.4 is 5.32 Å². The Morgan fingerprint density at radius 3 is 2.86 bits per heavy atom. The lowest BCUT2D eigenvalue weighted by atomic mass is 10.0. The lowest BCUT2D eigenvalue weighted by molar-refractivity contribution is 0.0754. The molecule has 4 nitrogen and oxygen atoms in total. The molecule has 1 aliphatic heterocycles. The van der Waals surface area contributed by atoms with Gasteiger partial charge in [0, 0.05) is 36.6 Å². The van der Waals surface area contributed by atoms with Crippen LogP contribution in [0.1, 0.15) is 37.1 Å². The third-order valence-electron chi connectivity index (χ3n) is 4.27. The summed E-state index contributed by atoms with van der Waals surface area (Å²) in [5, 5.41) is 8.07. The molecule has 0 spiro atoms. The van der Waals surface area contributed by atoms with E-state index in [2.05, 4.69) is 17.3 Å². The zero-order valence-corrected chi connectivity index (χ0v) is 13.1. The molecule has 1 N–H and O–H groups in total. The number of halogens is 1. The average Bonchev–Trinajstić information content (AvgIpc) is 2.90. The minimum Gasteiger partial charge on any atom is -0.381 e. The first-order valence-corrected chi connectivity index (χ1v) is 7.79. The number of aromatic nitrogens is 2. The predicted octanol–water partition coefficient (Wildman–Crippen LogP) is 3.15. The second-order valence-corrected chi connectivity index (χ2v) is 5.85. The Bertz CT molecular complexity index is 635. The molecule has 1 fully saturated rings. The van der Waals surface area contributed by atoms with Crippen molar-refractivity contribution < 1.29 is 9.13 Å². The summed E-state index contributed by atoms with van der Waals surface area (Å²) in [6.07, 6.45) is 3.96. The van der Waals surface area contributed by atoms with Crippen molar-refractivity contribution in [1.29, 1.82) is 0 Å². The van der Waals surface area contributed by atoms with Crippen LogP contribution in [0.2, 0.25) is 0 Å². The van der Waals surface area contributed by atoms with Gasteiger partial charge in [-0.25, -0.2) is 9.07 Å². The van der Waals surface area contributed by atoms with Gasteiger partial charge in [0.1, 0.15) is 5.82 Å². The smallest absolute Gasteiger partial charge is 0.125 e. The van der Waals surface area contributed by atoms with Crippen LogP contribution in [0.4, 0.5) is 4.39 Å². The molecule has 0 bridgehead atoms. The topological polar surface area (TPSA) is 39.1 Å². The van der Waals surface area contributed by atoms with Crippen LogP contribution in [-0.4, -0.2) is 29.0 Å². The quantitative estimate of drug-likeness (QED) is 0.943. The number of nitrogens with zero attached hydrogens (tertiary/aromatic N) is 2. The molecule has 1 unspecified atom stereocenters. The SMILES string of the molecule is Cc1c(C(C)NC2CCOCC2)cnn1-c1cccc(F)c1. The third-order valence-corrected chi connectivity index (χ3v) is 4.27. The fourth-order valence-electron chi connectivity index (χ4n) is 3.02. The fourth-order valence-corrected chi connectivity index (χ4v) is 3.02. The molecule has 1 atom stereocenters. The van der Waals surface area contributed by atoms with Gasteiger partial charge in [-0.05, 0) is 44.9 Å². The number of rotatable bonds is 4. The molecule has 118 valence electrons. The van der Waals surface area contributed by atoms with Crippen LogP contribution >= 0.6 is 0 Å². The Morgan fingerprint density at radius 2 is 2.14 bits per heavy atom. The molecule has 22 heavy (non-hydrogen) atoms. The molecule has 1 saturated heterocycles.